The van der Waals surface area contributed by atoms with Crippen molar-refractivity contribution in [3.05, 3.63) is 51.0 Å². The molecule has 0 radical (unpaired) electrons. The van der Waals surface area contributed by atoms with Crippen molar-refractivity contribution in [2.24, 2.45) is 5.73 Å². The number of hydrogen-bond acceptors (Lipinski definition) is 4. The van der Waals surface area contributed by atoms with Crippen LogP contribution in [0.3, 0.4) is 0 Å². The average molecular weight is 356 g/mol. The number of carbonyl (C=O) groups is 2. The maximum absolute atomic E-state index is 11.9. The first kappa shape index (κ1) is 16.8. The van der Waals surface area contributed by atoms with Crippen molar-refractivity contribution in [1.29, 1.82) is 0 Å². The Hall–Kier alpha value is -2.22. The zero-order valence-corrected chi connectivity index (χ0v) is 12.6. The van der Waals surface area contributed by atoms with E-state index < -0.39 is 22.8 Å². The maximum atomic E-state index is 11.9. The van der Waals surface area contributed by atoms with Crippen molar-refractivity contribution in [2.45, 2.75) is 18.9 Å². The topological polar surface area (TPSA) is 115 Å². The van der Waals surface area contributed by atoms with Gasteiger partial charge in [0.1, 0.15) is 6.04 Å². The molecular formula is C13H14BrN3O4. The number of rotatable bonds is 7. The van der Waals surface area contributed by atoms with Gasteiger partial charge < -0.3 is 11.1 Å². The summed E-state index contributed by atoms with van der Waals surface area (Å²) in [7, 11) is 0. The van der Waals surface area contributed by atoms with Crippen molar-refractivity contribution in [1.82, 2.24) is 5.32 Å². The third-order valence-electron chi connectivity index (χ3n) is 2.59. The summed E-state index contributed by atoms with van der Waals surface area (Å²) in [6, 6.07) is 4.86. The fourth-order valence-corrected chi connectivity index (χ4v) is 1.98. The van der Waals surface area contributed by atoms with Crippen LogP contribution < -0.4 is 11.1 Å². The molecule has 3 N–H and O–H groups in total. The van der Waals surface area contributed by atoms with E-state index in [2.05, 4.69) is 27.8 Å². The SMILES string of the molecule is C=C(Br)C[C@@H](NC(=O)Cc1cccc([N+](=O)[O-])c1)C(N)=O. The lowest BCUT2D eigenvalue weighted by atomic mass is 10.1. The highest BCUT2D eigenvalue weighted by Gasteiger charge is 2.19. The second kappa shape index (κ2) is 7.53. The van der Waals surface area contributed by atoms with Crippen LogP contribution in [0.1, 0.15) is 12.0 Å². The Morgan fingerprint density at radius 3 is 2.67 bits per heavy atom. The summed E-state index contributed by atoms with van der Waals surface area (Å²) in [6.07, 6.45) is 0.0935. The summed E-state index contributed by atoms with van der Waals surface area (Å²) in [5.41, 5.74) is 5.56. The Balaban J connectivity index is 2.72. The van der Waals surface area contributed by atoms with Gasteiger partial charge in [0.25, 0.3) is 5.69 Å². The summed E-state index contributed by atoms with van der Waals surface area (Å²) in [6.45, 7) is 3.58. The van der Waals surface area contributed by atoms with Crippen LogP contribution in [0.4, 0.5) is 5.69 Å². The van der Waals surface area contributed by atoms with Crippen molar-refractivity contribution >= 4 is 33.4 Å². The molecule has 1 aromatic carbocycles. The minimum Gasteiger partial charge on any atom is -0.368 e. The van der Waals surface area contributed by atoms with Gasteiger partial charge in [-0.1, -0.05) is 34.6 Å². The van der Waals surface area contributed by atoms with Gasteiger partial charge in [0, 0.05) is 18.6 Å². The van der Waals surface area contributed by atoms with Gasteiger partial charge in [-0.3, -0.25) is 19.7 Å². The average Bonchev–Trinajstić information content (AvgIpc) is 2.37. The molecule has 0 aliphatic rings. The van der Waals surface area contributed by atoms with Gasteiger partial charge in [-0.2, -0.15) is 0 Å². The molecule has 1 rings (SSSR count). The number of amides is 2. The number of nitro benzene ring substituents is 1. The van der Waals surface area contributed by atoms with Crippen molar-refractivity contribution < 1.29 is 14.5 Å². The minimum absolute atomic E-state index is 0.0831. The molecule has 2 amide bonds. The van der Waals surface area contributed by atoms with E-state index >= 15 is 0 Å². The third kappa shape index (κ3) is 5.74. The first-order chi connectivity index (χ1) is 9.79. The third-order valence-corrected chi connectivity index (χ3v) is 2.91. The number of primary amides is 1. The van der Waals surface area contributed by atoms with Crippen molar-refractivity contribution in [3.8, 4) is 0 Å². The molecule has 0 aromatic heterocycles. The molecular weight excluding hydrogens is 342 g/mol. The van der Waals surface area contributed by atoms with E-state index in [1.165, 1.54) is 18.2 Å². The van der Waals surface area contributed by atoms with Crippen LogP contribution in [0.5, 0.6) is 0 Å². The van der Waals surface area contributed by atoms with Crippen LogP contribution in [0, 0.1) is 10.1 Å². The van der Waals surface area contributed by atoms with Crippen molar-refractivity contribution in [2.75, 3.05) is 0 Å². The highest BCUT2D eigenvalue weighted by Crippen LogP contribution is 2.14. The number of carbonyl (C=O) groups excluding carboxylic acids is 2. The fraction of sp³-hybridized carbons (Fsp3) is 0.231. The number of nitrogens with zero attached hydrogens (tertiary/aromatic N) is 1. The summed E-state index contributed by atoms with van der Waals surface area (Å²) in [5, 5.41) is 13.1. The second-order valence-corrected chi connectivity index (χ2v) is 5.47. The zero-order chi connectivity index (χ0) is 16.0. The van der Waals surface area contributed by atoms with E-state index in [9.17, 15) is 19.7 Å². The summed E-state index contributed by atoms with van der Waals surface area (Å²) >= 11 is 3.10. The summed E-state index contributed by atoms with van der Waals surface area (Å²) in [4.78, 5) is 33.2. The highest BCUT2D eigenvalue weighted by molar-refractivity contribution is 9.11. The molecule has 0 fully saturated rings. The first-order valence-corrected chi connectivity index (χ1v) is 6.74. The zero-order valence-electron chi connectivity index (χ0n) is 11.0. The van der Waals surface area contributed by atoms with E-state index in [0.29, 0.717) is 10.0 Å². The number of nitrogens with two attached hydrogens (primary N) is 1. The van der Waals surface area contributed by atoms with Crippen LogP contribution in [-0.4, -0.2) is 22.8 Å². The molecule has 0 aliphatic carbocycles. The fourth-order valence-electron chi connectivity index (χ4n) is 1.65. The molecule has 0 spiro atoms. The molecule has 1 atom stereocenters. The van der Waals surface area contributed by atoms with E-state index in [4.69, 9.17) is 5.73 Å². The van der Waals surface area contributed by atoms with Crippen LogP contribution in [0.25, 0.3) is 0 Å². The molecule has 21 heavy (non-hydrogen) atoms. The predicted octanol–water partition coefficient (Wildman–Crippen LogP) is 1.41. The first-order valence-electron chi connectivity index (χ1n) is 5.95. The van der Waals surface area contributed by atoms with Crippen LogP contribution in [0.2, 0.25) is 0 Å². The Morgan fingerprint density at radius 1 is 1.48 bits per heavy atom. The lowest BCUT2D eigenvalue weighted by Gasteiger charge is -2.14. The van der Waals surface area contributed by atoms with Crippen molar-refractivity contribution in [3.63, 3.8) is 0 Å². The van der Waals surface area contributed by atoms with Gasteiger partial charge in [-0.25, -0.2) is 0 Å². The predicted molar refractivity (Wildman–Crippen MR) is 80.6 cm³/mol. The molecule has 0 heterocycles. The minimum atomic E-state index is -0.872. The van der Waals surface area contributed by atoms with Gasteiger partial charge >= 0.3 is 0 Å². The Morgan fingerprint density at radius 2 is 2.14 bits per heavy atom. The van der Waals surface area contributed by atoms with Gasteiger partial charge in [-0.15, -0.1) is 0 Å². The largest absolute Gasteiger partial charge is 0.368 e. The summed E-state index contributed by atoms with van der Waals surface area (Å²) in [5.74, 6) is -1.13. The Labute approximate surface area is 129 Å². The van der Waals surface area contributed by atoms with E-state index in [-0.39, 0.29) is 18.5 Å². The number of benzene rings is 1. The van der Waals surface area contributed by atoms with Gasteiger partial charge in [-0.05, 0) is 10.0 Å². The molecule has 7 nitrogen and oxygen atoms in total. The molecule has 1 aromatic rings. The van der Waals surface area contributed by atoms with Gasteiger partial charge in [0.15, 0.2) is 0 Å². The van der Waals surface area contributed by atoms with E-state index in [1.54, 1.807) is 6.07 Å². The Kier molecular flexibility index (Phi) is 6.04. The normalized spacial score (nSPS) is 11.5. The smallest absolute Gasteiger partial charge is 0.269 e. The monoisotopic (exact) mass is 355 g/mol. The lowest BCUT2D eigenvalue weighted by molar-refractivity contribution is -0.384. The van der Waals surface area contributed by atoms with E-state index in [0.717, 1.165) is 0 Å². The highest BCUT2D eigenvalue weighted by atomic mass is 79.9. The molecule has 0 saturated heterocycles. The maximum Gasteiger partial charge on any atom is 0.269 e. The quantitative estimate of drug-likeness (QED) is 0.568. The number of nitro groups is 1. The van der Waals surface area contributed by atoms with Crippen LogP contribution in [-0.2, 0) is 16.0 Å². The molecule has 0 bridgehead atoms. The molecule has 0 aliphatic heterocycles. The lowest BCUT2D eigenvalue weighted by Crippen LogP contribution is -2.45. The number of halogens is 1. The number of nitrogens with one attached hydrogen (secondary N) is 1. The van der Waals surface area contributed by atoms with Gasteiger partial charge in [0.05, 0.1) is 11.3 Å². The number of non-ortho nitro benzene ring substituents is 1. The summed E-state index contributed by atoms with van der Waals surface area (Å²) < 4.78 is 0.530. The number of hydrogen-bond donors (Lipinski definition) is 2. The molecule has 0 saturated carbocycles. The van der Waals surface area contributed by atoms with Gasteiger partial charge in [0.2, 0.25) is 11.8 Å². The molecule has 0 unspecified atom stereocenters. The standard InChI is InChI=1S/C13H14BrN3O4/c1-8(14)5-11(13(15)19)16-12(18)7-9-3-2-4-10(6-9)17(20)21/h2-4,6,11H,1,5,7H2,(H2,15,19)(H,16,18)/t11-/m1/s1. The molecule has 112 valence electrons. The van der Waals surface area contributed by atoms with E-state index in [1.807, 2.05) is 0 Å². The van der Waals surface area contributed by atoms with Crippen LogP contribution >= 0.6 is 15.9 Å². The Bertz CT molecular complexity index is 589. The molecule has 8 heteroatoms. The van der Waals surface area contributed by atoms with Crippen LogP contribution in [0.15, 0.2) is 35.3 Å². The second-order valence-electron chi connectivity index (χ2n) is 4.35.